The number of nitrogens with zero attached hydrogens (tertiary/aromatic N) is 2. The molecule has 0 aliphatic carbocycles. The number of aromatic nitrogens is 2. The van der Waals surface area contributed by atoms with E-state index in [4.69, 9.17) is 9.84 Å². The number of carbonyl (C=O) groups is 1. The number of aliphatic carboxylic acids is 1. The molecule has 1 aromatic rings. The third-order valence-corrected chi connectivity index (χ3v) is 2.71. The van der Waals surface area contributed by atoms with Gasteiger partial charge in [-0.1, -0.05) is 6.92 Å². The molecule has 0 aliphatic heterocycles. The standard InChI is InChI=1S/C12H18N2O3/c1-5-10(17-4)12-13-7(2)9(6-11(15)16)8(3)14-12/h10H,5-6H2,1-4H3,(H,15,16). The van der Waals surface area contributed by atoms with Gasteiger partial charge in [0.05, 0.1) is 6.42 Å². The molecule has 0 fully saturated rings. The fraction of sp³-hybridized carbons (Fsp3) is 0.583. The molecule has 1 rings (SSSR count). The van der Waals surface area contributed by atoms with Crippen LogP contribution >= 0.6 is 0 Å². The van der Waals surface area contributed by atoms with Crippen molar-refractivity contribution in [2.45, 2.75) is 39.7 Å². The molecule has 1 heterocycles. The van der Waals surface area contributed by atoms with Crippen molar-refractivity contribution in [2.75, 3.05) is 7.11 Å². The Balaban J connectivity index is 3.12. The van der Waals surface area contributed by atoms with Crippen LogP contribution in [0.2, 0.25) is 0 Å². The van der Waals surface area contributed by atoms with Gasteiger partial charge >= 0.3 is 5.97 Å². The van der Waals surface area contributed by atoms with E-state index in [1.165, 1.54) is 0 Å². The van der Waals surface area contributed by atoms with E-state index in [9.17, 15) is 4.79 Å². The smallest absolute Gasteiger partial charge is 0.307 e. The molecule has 0 amide bonds. The fourth-order valence-corrected chi connectivity index (χ4v) is 1.77. The average molecular weight is 238 g/mol. The number of methoxy groups -OCH3 is 1. The number of aryl methyl sites for hydroxylation is 2. The number of ether oxygens (including phenoxy) is 1. The quantitative estimate of drug-likeness (QED) is 0.847. The molecule has 0 aromatic carbocycles. The van der Waals surface area contributed by atoms with Crippen molar-refractivity contribution in [3.63, 3.8) is 0 Å². The van der Waals surface area contributed by atoms with E-state index >= 15 is 0 Å². The van der Waals surface area contributed by atoms with Crippen molar-refractivity contribution in [1.82, 2.24) is 9.97 Å². The molecule has 5 nitrogen and oxygen atoms in total. The zero-order valence-corrected chi connectivity index (χ0v) is 10.6. The summed E-state index contributed by atoms with van der Waals surface area (Å²) in [5.41, 5.74) is 2.11. The maximum Gasteiger partial charge on any atom is 0.307 e. The van der Waals surface area contributed by atoms with E-state index in [1.54, 1.807) is 21.0 Å². The van der Waals surface area contributed by atoms with Crippen LogP contribution in [0, 0.1) is 13.8 Å². The molecule has 94 valence electrons. The molecular weight excluding hydrogens is 220 g/mol. The summed E-state index contributed by atoms with van der Waals surface area (Å²) in [5, 5.41) is 8.81. The Bertz CT molecular complexity index is 391. The van der Waals surface area contributed by atoms with Gasteiger partial charge < -0.3 is 9.84 Å². The zero-order chi connectivity index (χ0) is 13.0. The highest BCUT2D eigenvalue weighted by Gasteiger charge is 2.16. The van der Waals surface area contributed by atoms with Crippen molar-refractivity contribution in [3.05, 3.63) is 22.8 Å². The zero-order valence-electron chi connectivity index (χ0n) is 10.6. The molecule has 0 aliphatic rings. The molecular formula is C12H18N2O3. The van der Waals surface area contributed by atoms with E-state index in [0.717, 1.165) is 6.42 Å². The Labute approximate surface area is 101 Å². The summed E-state index contributed by atoms with van der Waals surface area (Å²) >= 11 is 0. The molecule has 0 saturated heterocycles. The number of rotatable bonds is 5. The molecule has 0 bridgehead atoms. The monoisotopic (exact) mass is 238 g/mol. The van der Waals surface area contributed by atoms with Gasteiger partial charge in [0.2, 0.25) is 0 Å². The molecule has 5 heteroatoms. The lowest BCUT2D eigenvalue weighted by atomic mass is 10.1. The van der Waals surface area contributed by atoms with E-state index in [-0.39, 0.29) is 12.5 Å². The number of hydrogen-bond donors (Lipinski definition) is 1. The molecule has 1 N–H and O–H groups in total. The second-order valence-electron chi connectivity index (χ2n) is 3.93. The third kappa shape index (κ3) is 3.23. The Hall–Kier alpha value is -1.49. The third-order valence-electron chi connectivity index (χ3n) is 2.71. The summed E-state index contributed by atoms with van der Waals surface area (Å²) in [6, 6.07) is 0. The summed E-state index contributed by atoms with van der Waals surface area (Å²) in [4.78, 5) is 19.4. The highest BCUT2D eigenvalue weighted by molar-refractivity contribution is 5.70. The van der Waals surface area contributed by atoms with Gasteiger partial charge in [0.25, 0.3) is 0 Å². The average Bonchev–Trinajstić information content (AvgIpc) is 2.25. The van der Waals surface area contributed by atoms with Crippen molar-refractivity contribution in [1.29, 1.82) is 0 Å². The van der Waals surface area contributed by atoms with Crippen LogP contribution in [0.1, 0.15) is 42.2 Å². The van der Waals surface area contributed by atoms with Gasteiger partial charge in [0.1, 0.15) is 6.10 Å². The van der Waals surface area contributed by atoms with Crippen LogP contribution in [0.4, 0.5) is 0 Å². The summed E-state index contributed by atoms with van der Waals surface area (Å²) < 4.78 is 5.28. The minimum atomic E-state index is -0.869. The van der Waals surface area contributed by atoms with Crippen LogP contribution in [-0.2, 0) is 16.0 Å². The number of carboxylic acids is 1. The van der Waals surface area contributed by atoms with E-state index in [1.807, 2.05) is 6.92 Å². The highest BCUT2D eigenvalue weighted by Crippen LogP contribution is 2.19. The maximum absolute atomic E-state index is 10.7. The summed E-state index contributed by atoms with van der Waals surface area (Å²) in [6.07, 6.45) is 0.612. The van der Waals surface area contributed by atoms with Crippen LogP contribution in [0.3, 0.4) is 0 Å². The van der Waals surface area contributed by atoms with Gasteiger partial charge in [-0.3, -0.25) is 4.79 Å². The normalized spacial score (nSPS) is 12.5. The first-order chi connectivity index (χ1) is 7.99. The second-order valence-corrected chi connectivity index (χ2v) is 3.93. The van der Waals surface area contributed by atoms with E-state index in [0.29, 0.717) is 22.8 Å². The Kier molecular flexibility index (Phi) is 4.57. The summed E-state index contributed by atoms with van der Waals surface area (Å²) in [6.45, 7) is 5.60. The molecule has 1 unspecified atom stereocenters. The number of carboxylic acid groups (broad SMARTS) is 1. The van der Waals surface area contributed by atoms with Gasteiger partial charge in [-0.25, -0.2) is 9.97 Å². The lowest BCUT2D eigenvalue weighted by Gasteiger charge is -2.15. The van der Waals surface area contributed by atoms with E-state index < -0.39 is 5.97 Å². The van der Waals surface area contributed by atoms with Crippen LogP contribution < -0.4 is 0 Å². The first-order valence-corrected chi connectivity index (χ1v) is 5.58. The van der Waals surface area contributed by atoms with Gasteiger partial charge in [-0.2, -0.15) is 0 Å². The molecule has 1 atom stereocenters. The van der Waals surface area contributed by atoms with Crippen LogP contribution in [0.5, 0.6) is 0 Å². The molecule has 0 spiro atoms. The maximum atomic E-state index is 10.7. The predicted molar refractivity (Wildman–Crippen MR) is 62.9 cm³/mol. The Morgan fingerprint density at radius 2 is 1.88 bits per heavy atom. The highest BCUT2D eigenvalue weighted by atomic mass is 16.5. The lowest BCUT2D eigenvalue weighted by Crippen LogP contribution is -2.13. The minimum absolute atomic E-state index is 0.0400. The first kappa shape index (κ1) is 13.6. The summed E-state index contributed by atoms with van der Waals surface area (Å²) in [5.74, 6) is -0.245. The lowest BCUT2D eigenvalue weighted by molar-refractivity contribution is -0.136. The Morgan fingerprint density at radius 1 is 1.35 bits per heavy atom. The van der Waals surface area contributed by atoms with Crippen LogP contribution in [0.15, 0.2) is 0 Å². The molecule has 17 heavy (non-hydrogen) atoms. The van der Waals surface area contributed by atoms with Crippen molar-refractivity contribution < 1.29 is 14.6 Å². The predicted octanol–water partition coefficient (Wildman–Crippen LogP) is 1.82. The van der Waals surface area contributed by atoms with Crippen molar-refractivity contribution in [2.24, 2.45) is 0 Å². The van der Waals surface area contributed by atoms with Gasteiger partial charge in [0, 0.05) is 24.1 Å². The fourth-order valence-electron chi connectivity index (χ4n) is 1.77. The van der Waals surface area contributed by atoms with Crippen LogP contribution in [0.25, 0.3) is 0 Å². The van der Waals surface area contributed by atoms with Gasteiger partial charge in [-0.15, -0.1) is 0 Å². The molecule has 0 radical (unpaired) electrons. The SMILES string of the molecule is CCC(OC)c1nc(C)c(CC(=O)O)c(C)n1. The van der Waals surface area contributed by atoms with Crippen molar-refractivity contribution >= 4 is 5.97 Å². The second kappa shape index (κ2) is 5.72. The summed E-state index contributed by atoms with van der Waals surface area (Å²) in [7, 11) is 1.62. The first-order valence-electron chi connectivity index (χ1n) is 5.58. The number of hydrogen-bond acceptors (Lipinski definition) is 4. The van der Waals surface area contributed by atoms with Gasteiger partial charge in [-0.05, 0) is 20.3 Å². The van der Waals surface area contributed by atoms with Crippen molar-refractivity contribution in [3.8, 4) is 0 Å². The molecule has 0 saturated carbocycles. The van der Waals surface area contributed by atoms with E-state index in [2.05, 4.69) is 9.97 Å². The van der Waals surface area contributed by atoms with Crippen LogP contribution in [-0.4, -0.2) is 28.2 Å². The topological polar surface area (TPSA) is 72.3 Å². The minimum Gasteiger partial charge on any atom is -0.481 e. The van der Waals surface area contributed by atoms with Gasteiger partial charge in [0.15, 0.2) is 5.82 Å². The Morgan fingerprint density at radius 3 is 2.24 bits per heavy atom. The largest absolute Gasteiger partial charge is 0.481 e. The molecule has 1 aromatic heterocycles.